The highest BCUT2D eigenvalue weighted by molar-refractivity contribution is 5.83. The van der Waals surface area contributed by atoms with Gasteiger partial charge in [0.05, 0.1) is 0 Å². The standard InChI is InChI=1S/C19H29F3O/c1-2-3-4-5-6-7-8-9-10-11-12-13-14-15-16-17-18(23)19(20,21)22/h3-4,6-7,9-10H,2,5,8,11-17H2,1H3. The molecule has 0 aliphatic heterocycles. The molecular formula is C19H29F3O. The van der Waals surface area contributed by atoms with Crippen molar-refractivity contribution in [3.8, 4) is 0 Å². The maximum absolute atomic E-state index is 12.0. The van der Waals surface area contributed by atoms with Crippen molar-refractivity contribution in [3.05, 3.63) is 36.5 Å². The lowest BCUT2D eigenvalue weighted by molar-refractivity contribution is -0.171. The second-order valence-corrected chi connectivity index (χ2v) is 5.52. The quantitative estimate of drug-likeness (QED) is 0.271. The van der Waals surface area contributed by atoms with E-state index in [1.54, 1.807) is 0 Å². The van der Waals surface area contributed by atoms with Crippen LogP contribution in [0.4, 0.5) is 13.2 Å². The molecule has 0 fully saturated rings. The number of carbonyl (C=O) groups is 1. The third kappa shape index (κ3) is 15.4. The molecule has 0 N–H and O–H groups in total. The SMILES string of the molecule is CCC=CCC=CCC=CCCCCCCCC(=O)C(F)(F)F. The fourth-order valence-electron chi connectivity index (χ4n) is 2.05. The molecule has 1 nitrogen and oxygen atoms in total. The Labute approximate surface area is 138 Å². The van der Waals surface area contributed by atoms with Crippen molar-refractivity contribution >= 4 is 5.78 Å². The Bertz CT molecular complexity index is 379. The summed E-state index contributed by atoms with van der Waals surface area (Å²) in [5.74, 6) is -1.60. The third-order valence-corrected chi connectivity index (χ3v) is 3.37. The fraction of sp³-hybridized carbons (Fsp3) is 0.632. The second-order valence-electron chi connectivity index (χ2n) is 5.52. The van der Waals surface area contributed by atoms with Crippen LogP contribution in [-0.4, -0.2) is 12.0 Å². The van der Waals surface area contributed by atoms with Crippen molar-refractivity contribution in [1.29, 1.82) is 0 Å². The number of allylic oxidation sites excluding steroid dienone is 6. The van der Waals surface area contributed by atoms with Gasteiger partial charge in [0, 0.05) is 6.42 Å². The highest BCUT2D eigenvalue weighted by Gasteiger charge is 2.36. The molecule has 23 heavy (non-hydrogen) atoms. The van der Waals surface area contributed by atoms with Crippen molar-refractivity contribution in [3.63, 3.8) is 0 Å². The van der Waals surface area contributed by atoms with Gasteiger partial charge in [-0.25, -0.2) is 0 Å². The van der Waals surface area contributed by atoms with Crippen LogP contribution in [0.5, 0.6) is 0 Å². The van der Waals surface area contributed by atoms with Gasteiger partial charge in [-0.2, -0.15) is 13.2 Å². The fourth-order valence-corrected chi connectivity index (χ4v) is 2.05. The Morgan fingerprint density at radius 1 is 0.783 bits per heavy atom. The average Bonchev–Trinajstić information content (AvgIpc) is 2.50. The van der Waals surface area contributed by atoms with Crippen molar-refractivity contribution in [1.82, 2.24) is 0 Å². The summed E-state index contributed by atoms with van der Waals surface area (Å²) < 4.78 is 35.9. The Balaban J connectivity index is 3.38. The van der Waals surface area contributed by atoms with Crippen molar-refractivity contribution in [2.45, 2.75) is 77.3 Å². The average molecular weight is 330 g/mol. The molecule has 0 rings (SSSR count). The Morgan fingerprint density at radius 2 is 1.30 bits per heavy atom. The van der Waals surface area contributed by atoms with Crippen molar-refractivity contribution in [2.75, 3.05) is 0 Å². The molecule has 4 heteroatoms. The lowest BCUT2D eigenvalue weighted by atomic mass is 10.1. The Morgan fingerprint density at radius 3 is 1.91 bits per heavy atom. The van der Waals surface area contributed by atoms with Crippen LogP contribution in [0.15, 0.2) is 36.5 Å². The summed E-state index contributed by atoms with van der Waals surface area (Å²) in [5.41, 5.74) is 0. The largest absolute Gasteiger partial charge is 0.449 e. The summed E-state index contributed by atoms with van der Waals surface area (Å²) in [4.78, 5) is 10.7. The maximum atomic E-state index is 12.0. The lowest BCUT2D eigenvalue weighted by Gasteiger charge is -2.04. The van der Waals surface area contributed by atoms with E-state index in [-0.39, 0.29) is 6.42 Å². The van der Waals surface area contributed by atoms with E-state index >= 15 is 0 Å². The van der Waals surface area contributed by atoms with E-state index in [1.807, 2.05) is 0 Å². The van der Waals surface area contributed by atoms with Crippen LogP contribution in [0.3, 0.4) is 0 Å². The Kier molecular flexibility index (Phi) is 13.5. The summed E-state index contributed by atoms with van der Waals surface area (Å²) in [7, 11) is 0. The first-order chi connectivity index (χ1) is 11.0. The van der Waals surface area contributed by atoms with Crippen LogP contribution < -0.4 is 0 Å². The summed E-state index contributed by atoms with van der Waals surface area (Å²) in [6, 6.07) is 0. The van der Waals surface area contributed by atoms with E-state index in [1.165, 1.54) is 0 Å². The van der Waals surface area contributed by atoms with Gasteiger partial charge in [0.15, 0.2) is 0 Å². The van der Waals surface area contributed by atoms with Crippen molar-refractivity contribution < 1.29 is 18.0 Å². The van der Waals surface area contributed by atoms with Crippen LogP contribution in [0.1, 0.15) is 71.1 Å². The highest BCUT2D eigenvalue weighted by atomic mass is 19.4. The van der Waals surface area contributed by atoms with Gasteiger partial charge in [-0.05, 0) is 38.5 Å². The predicted octanol–water partition coefficient (Wildman–Crippen LogP) is 6.71. The summed E-state index contributed by atoms with van der Waals surface area (Å²) in [6.45, 7) is 2.12. The molecule has 0 spiro atoms. The number of hydrogen-bond acceptors (Lipinski definition) is 1. The molecule has 0 saturated carbocycles. The number of rotatable bonds is 13. The summed E-state index contributed by atoms with van der Waals surface area (Å²) in [5, 5.41) is 0. The van der Waals surface area contributed by atoms with Crippen LogP contribution in [0.2, 0.25) is 0 Å². The summed E-state index contributed by atoms with van der Waals surface area (Å²) in [6.07, 6.45) is 15.8. The molecule has 0 aliphatic carbocycles. The zero-order valence-electron chi connectivity index (χ0n) is 14.1. The van der Waals surface area contributed by atoms with E-state index in [0.717, 1.165) is 44.9 Å². The molecule has 0 aliphatic rings. The number of Topliss-reactive ketones (excluding diaryl/α,β-unsaturated/α-hetero) is 1. The minimum atomic E-state index is -4.66. The predicted molar refractivity (Wildman–Crippen MR) is 90.3 cm³/mol. The van der Waals surface area contributed by atoms with Gasteiger partial charge in [0.2, 0.25) is 5.78 Å². The first-order valence-corrected chi connectivity index (χ1v) is 8.53. The molecule has 0 bridgehead atoms. The lowest BCUT2D eigenvalue weighted by Crippen LogP contribution is -2.22. The first-order valence-electron chi connectivity index (χ1n) is 8.53. The van der Waals surface area contributed by atoms with E-state index in [0.29, 0.717) is 12.8 Å². The smallest absolute Gasteiger partial charge is 0.290 e. The number of unbranched alkanes of at least 4 members (excludes halogenated alkanes) is 5. The molecule has 0 heterocycles. The normalized spacial score (nSPS) is 12.9. The molecule has 0 saturated heterocycles. The van der Waals surface area contributed by atoms with Gasteiger partial charge in [0.25, 0.3) is 0 Å². The van der Waals surface area contributed by atoms with Crippen molar-refractivity contribution in [2.24, 2.45) is 0 Å². The molecule has 0 aromatic heterocycles. The molecule has 132 valence electrons. The number of ketones is 1. The van der Waals surface area contributed by atoms with E-state index < -0.39 is 12.0 Å². The van der Waals surface area contributed by atoms with Gasteiger partial charge in [0.1, 0.15) is 0 Å². The van der Waals surface area contributed by atoms with Gasteiger partial charge in [-0.3, -0.25) is 4.79 Å². The topological polar surface area (TPSA) is 17.1 Å². The molecule has 0 atom stereocenters. The summed E-state index contributed by atoms with van der Waals surface area (Å²) >= 11 is 0. The van der Waals surface area contributed by atoms with Gasteiger partial charge in [-0.1, -0.05) is 62.6 Å². The molecule has 0 radical (unpaired) electrons. The number of alkyl halides is 3. The zero-order chi connectivity index (χ0) is 17.4. The minimum absolute atomic E-state index is 0.339. The third-order valence-electron chi connectivity index (χ3n) is 3.37. The maximum Gasteiger partial charge on any atom is 0.449 e. The molecular weight excluding hydrogens is 301 g/mol. The van der Waals surface area contributed by atoms with E-state index in [4.69, 9.17) is 0 Å². The van der Waals surface area contributed by atoms with E-state index in [2.05, 4.69) is 43.4 Å². The van der Waals surface area contributed by atoms with Gasteiger partial charge in [-0.15, -0.1) is 0 Å². The van der Waals surface area contributed by atoms with Crippen LogP contribution >= 0.6 is 0 Å². The molecule has 0 aromatic rings. The number of halogens is 3. The van der Waals surface area contributed by atoms with E-state index in [9.17, 15) is 18.0 Å². The first kappa shape index (κ1) is 21.7. The van der Waals surface area contributed by atoms with Gasteiger partial charge >= 0.3 is 6.18 Å². The second kappa shape index (κ2) is 14.3. The molecule has 0 aromatic carbocycles. The highest BCUT2D eigenvalue weighted by Crippen LogP contribution is 2.19. The Hall–Kier alpha value is -1.32. The number of hydrogen-bond donors (Lipinski definition) is 0. The van der Waals surface area contributed by atoms with Crippen LogP contribution in [-0.2, 0) is 4.79 Å². The van der Waals surface area contributed by atoms with Crippen LogP contribution in [0.25, 0.3) is 0 Å². The number of carbonyl (C=O) groups excluding carboxylic acids is 1. The molecule has 0 amide bonds. The van der Waals surface area contributed by atoms with Crippen LogP contribution in [0, 0.1) is 0 Å². The molecule has 0 unspecified atom stereocenters. The zero-order valence-corrected chi connectivity index (χ0v) is 14.1. The van der Waals surface area contributed by atoms with Gasteiger partial charge < -0.3 is 0 Å². The minimum Gasteiger partial charge on any atom is -0.290 e. The monoisotopic (exact) mass is 330 g/mol.